The molecule has 2 saturated heterocycles. The maximum Gasteiger partial charge on any atom is 0.255 e. The van der Waals surface area contributed by atoms with E-state index < -0.39 is 0 Å². The molecule has 4 rings (SSSR count). The Kier molecular flexibility index (Phi) is 6.00. The van der Waals surface area contributed by atoms with Gasteiger partial charge >= 0.3 is 0 Å². The van der Waals surface area contributed by atoms with Crippen LogP contribution in [0.25, 0.3) is 0 Å². The van der Waals surface area contributed by atoms with Crippen LogP contribution >= 0.6 is 11.8 Å². The number of hydrogen-bond acceptors (Lipinski definition) is 5. The summed E-state index contributed by atoms with van der Waals surface area (Å²) in [7, 11) is 0. The predicted octanol–water partition coefficient (Wildman–Crippen LogP) is 3.06. The first-order chi connectivity index (χ1) is 12.8. The zero-order valence-electron chi connectivity index (χ0n) is 15.4. The van der Waals surface area contributed by atoms with Crippen molar-refractivity contribution in [3.63, 3.8) is 0 Å². The largest absolute Gasteiger partial charge is 0.474 e. The molecule has 1 aliphatic carbocycles. The van der Waals surface area contributed by atoms with Gasteiger partial charge in [-0.1, -0.05) is 6.42 Å². The first-order valence-corrected chi connectivity index (χ1v) is 11.2. The molecule has 0 aromatic carbocycles. The molecule has 0 bridgehead atoms. The lowest BCUT2D eigenvalue weighted by Crippen LogP contribution is -2.42. The number of carbonyl (C=O) groups excluding carboxylic acids is 1. The molecule has 3 fully saturated rings. The van der Waals surface area contributed by atoms with Crippen molar-refractivity contribution in [2.75, 3.05) is 37.7 Å². The third-order valence-corrected chi connectivity index (χ3v) is 6.90. The van der Waals surface area contributed by atoms with Crippen molar-refractivity contribution in [3.8, 4) is 5.88 Å². The fourth-order valence-electron chi connectivity index (χ4n) is 3.98. The molecule has 0 N–H and O–H groups in total. The molecule has 5 nitrogen and oxygen atoms in total. The van der Waals surface area contributed by atoms with E-state index >= 15 is 0 Å². The van der Waals surface area contributed by atoms with Gasteiger partial charge in [-0.15, -0.1) is 0 Å². The average Bonchev–Trinajstić information content (AvgIpc) is 2.87. The minimum atomic E-state index is 0.105. The topological polar surface area (TPSA) is 45.7 Å². The number of aromatic nitrogens is 1. The summed E-state index contributed by atoms with van der Waals surface area (Å²) in [5.41, 5.74) is 0.675. The Morgan fingerprint density at radius 2 is 1.88 bits per heavy atom. The van der Waals surface area contributed by atoms with Crippen molar-refractivity contribution in [1.29, 1.82) is 0 Å². The SMILES string of the molecule is O=C(c1ccc(OC2CCSCC2)nc1)N1CCCN(C2CCC2)CC1. The quantitative estimate of drug-likeness (QED) is 0.809. The summed E-state index contributed by atoms with van der Waals surface area (Å²) in [6, 6.07) is 4.49. The molecular formula is C20H29N3O2S. The number of thioether (sulfide) groups is 1. The van der Waals surface area contributed by atoms with Gasteiger partial charge in [0, 0.05) is 44.5 Å². The van der Waals surface area contributed by atoms with Crippen LogP contribution in [0.5, 0.6) is 5.88 Å². The van der Waals surface area contributed by atoms with Crippen molar-refractivity contribution in [2.24, 2.45) is 0 Å². The van der Waals surface area contributed by atoms with Crippen molar-refractivity contribution in [1.82, 2.24) is 14.8 Å². The zero-order chi connectivity index (χ0) is 17.8. The second-order valence-electron chi connectivity index (χ2n) is 7.58. The second kappa shape index (κ2) is 8.61. The van der Waals surface area contributed by atoms with Crippen molar-refractivity contribution >= 4 is 17.7 Å². The van der Waals surface area contributed by atoms with Gasteiger partial charge in [-0.3, -0.25) is 9.69 Å². The Bertz CT molecular complexity index is 600. The Labute approximate surface area is 160 Å². The van der Waals surface area contributed by atoms with Gasteiger partial charge in [-0.2, -0.15) is 11.8 Å². The molecule has 3 heterocycles. The Balaban J connectivity index is 1.32. The third-order valence-electron chi connectivity index (χ3n) is 5.85. The van der Waals surface area contributed by atoms with E-state index in [2.05, 4.69) is 9.88 Å². The van der Waals surface area contributed by atoms with Gasteiger partial charge in [0.05, 0.1) is 5.56 Å². The van der Waals surface area contributed by atoms with E-state index in [1.54, 1.807) is 6.20 Å². The van der Waals surface area contributed by atoms with Gasteiger partial charge in [0.15, 0.2) is 0 Å². The van der Waals surface area contributed by atoms with E-state index in [4.69, 9.17) is 4.74 Å². The van der Waals surface area contributed by atoms with Crippen LogP contribution in [0.1, 0.15) is 48.9 Å². The summed E-state index contributed by atoms with van der Waals surface area (Å²) in [6.45, 7) is 3.80. The second-order valence-corrected chi connectivity index (χ2v) is 8.81. The number of hydrogen-bond donors (Lipinski definition) is 0. The lowest BCUT2D eigenvalue weighted by atomic mass is 9.91. The third kappa shape index (κ3) is 4.34. The fourth-order valence-corrected chi connectivity index (χ4v) is 5.04. The summed E-state index contributed by atoms with van der Waals surface area (Å²) < 4.78 is 5.96. The molecule has 0 radical (unpaired) electrons. The first-order valence-electron chi connectivity index (χ1n) is 10.0. The Hall–Kier alpha value is -1.27. The highest BCUT2D eigenvalue weighted by molar-refractivity contribution is 7.99. The molecule has 1 aromatic heterocycles. The molecule has 2 aliphatic heterocycles. The van der Waals surface area contributed by atoms with E-state index in [0.717, 1.165) is 63.0 Å². The van der Waals surface area contributed by atoms with E-state index in [1.165, 1.54) is 19.3 Å². The monoisotopic (exact) mass is 375 g/mol. The lowest BCUT2D eigenvalue weighted by Gasteiger charge is -2.36. The number of carbonyl (C=O) groups is 1. The molecule has 1 amide bonds. The summed E-state index contributed by atoms with van der Waals surface area (Å²) in [5.74, 6) is 3.07. The molecule has 142 valence electrons. The molecular weight excluding hydrogens is 346 g/mol. The predicted molar refractivity (Wildman–Crippen MR) is 105 cm³/mol. The number of amides is 1. The van der Waals surface area contributed by atoms with Crippen LogP contribution in [0.3, 0.4) is 0 Å². The van der Waals surface area contributed by atoms with Crippen molar-refractivity contribution in [2.45, 2.75) is 50.7 Å². The standard InChI is InChI=1S/C20H29N3O2S/c24-20(23-10-2-9-22(11-12-23)17-3-1-4-17)16-5-6-19(21-15-16)25-18-7-13-26-14-8-18/h5-6,15,17-18H,1-4,7-14H2. The number of pyridine rings is 1. The maximum absolute atomic E-state index is 12.8. The molecule has 26 heavy (non-hydrogen) atoms. The van der Waals surface area contributed by atoms with Crippen molar-refractivity contribution < 1.29 is 9.53 Å². The van der Waals surface area contributed by atoms with E-state index in [0.29, 0.717) is 11.4 Å². The molecule has 3 aliphatic rings. The van der Waals surface area contributed by atoms with Gasteiger partial charge in [-0.05, 0) is 49.7 Å². The highest BCUT2D eigenvalue weighted by atomic mass is 32.2. The summed E-state index contributed by atoms with van der Waals surface area (Å²) in [6.07, 6.45) is 9.21. The van der Waals surface area contributed by atoms with E-state index in [-0.39, 0.29) is 12.0 Å². The smallest absolute Gasteiger partial charge is 0.255 e. The highest BCUT2D eigenvalue weighted by Crippen LogP contribution is 2.26. The van der Waals surface area contributed by atoms with E-state index in [9.17, 15) is 4.79 Å². The van der Waals surface area contributed by atoms with Crippen molar-refractivity contribution in [3.05, 3.63) is 23.9 Å². The van der Waals surface area contributed by atoms with Gasteiger partial charge < -0.3 is 9.64 Å². The number of nitrogens with zero attached hydrogens (tertiary/aromatic N) is 3. The molecule has 1 saturated carbocycles. The van der Waals surface area contributed by atoms with Gasteiger partial charge in [0.25, 0.3) is 5.91 Å². The minimum Gasteiger partial charge on any atom is -0.474 e. The van der Waals surface area contributed by atoms with Gasteiger partial charge in [0.2, 0.25) is 5.88 Å². The van der Waals surface area contributed by atoms with Crippen LogP contribution in [0, 0.1) is 0 Å². The Morgan fingerprint density at radius 3 is 2.58 bits per heavy atom. The van der Waals surface area contributed by atoms with Crippen LogP contribution in [0.2, 0.25) is 0 Å². The minimum absolute atomic E-state index is 0.105. The van der Waals surface area contributed by atoms with Crippen LogP contribution in [0.4, 0.5) is 0 Å². The van der Waals surface area contributed by atoms with Gasteiger partial charge in [0.1, 0.15) is 6.10 Å². The van der Waals surface area contributed by atoms with E-state index in [1.807, 2.05) is 28.8 Å². The fraction of sp³-hybridized carbons (Fsp3) is 0.700. The molecule has 0 atom stereocenters. The molecule has 0 unspecified atom stereocenters. The Morgan fingerprint density at radius 1 is 1.04 bits per heavy atom. The first kappa shape index (κ1) is 18.1. The summed E-state index contributed by atoms with van der Waals surface area (Å²) >= 11 is 1.99. The van der Waals surface area contributed by atoms with Crippen LogP contribution in [0.15, 0.2) is 18.3 Å². The normalized spacial score (nSPS) is 23.3. The van der Waals surface area contributed by atoms with Crippen LogP contribution in [-0.2, 0) is 0 Å². The number of ether oxygens (including phenoxy) is 1. The summed E-state index contributed by atoms with van der Waals surface area (Å²) in [5, 5.41) is 0. The number of rotatable bonds is 4. The lowest BCUT2D eigenvalue weighted by molar-refractivity contribution is 0.0749. The average molecular weight is 376 g/mol. The summed E-state index contributed by atoms with van der Waals surface area (Å²) in [4.78, 5) is 21.8. The van der Waals surface area contributed by atoms with Crippen LogP contribution < -0.4 is 4.74 Å². The molecule has 1 aromatic rings. The molecule has 6 heteroatoms. The zero-order valence-corrected chi connectivity index (χ0v) is 16.3. The highest BCUT2D eigenvalue weighted by Gasteiger charge is 2.28. The maximum atomic E-state index is 12.8. The van der Waals surface area contributed by atoms with Gasteiger partial charge in [-0.25, -0.2) is 4.98 Å². The molecule has 0 spiro atoms. The van der Waals surface area contributed by atoms with Crippen LogP contribution in [-0.4, -0.2) is 70.5 Å².